The smallest absolute Gasteiger partial charge is 0.357 e. The molecule has 1 heterocycles. The fraction of sp³-hybridized carbons (Fsp3) is 0.353. The number of alkyl halides is 1. The van der Waals surface area contributed by atoms with Crippen LogP contribution in [-0.4, -0.2) is 35.4 Å². The van der Waals surface area contributed by atoms with Crippen LogP contribution in [0.4, 0.5) is 0 Å². The molecule has 1 aromatic carbocycles. The summed E-state index contributed by atoms with van der Waals surface area (Å²) < 4.78 is 10.6. The van der Waals surface area contributed by atoms with E-state index in [4.69, 9.17) is 32.7 Å². The Morgan fingerprint density at radius 2 is 1.96 bits per heavy atom. The average molecular weight is 480 g/mol. The van der Waals surface area contributed by atoms with Gasteiger partial charge in [-0.3, -0.25) is 0 Å². The molecule has 0 amide bonds. The molecule has 0 N–H and O–H groups in total. The molecule has 0 aliphatic heterocycles. The molecule has 2 rings (SSSR count). The normalized spacial score (nSPS) is 10.9. The van der Waals surface area contributed by atoms with Gasteiger partial charge in [-0.25, -0.2) is 14.8 Å². The summed E-state index contributed by atoms with van der Waals surface area (Å²) in [4.78, 5) is 21.4. The molecule has 2 aromatic rings. The molecule has 0 spiro atoms. The Morgan fingerprint density at radius 1 is 1.27 bits per heavy atom. The van der Waals surface area contributed by atoms with E-state index in [1.807, 2.05) is 6.26 Å². The van der Waals surface area contributed by atoms with Crippen LogP contribution in [0.1, 0.15) is 29.9 Å². The summed E-state index contributed by atoms with van der Waals surface area (Å²) in [6.07, 6.45) is 1.56. The highest BCUT2D eigenvalue weighted by molar-refractivity contribution is 9.08. The first kappa shape index (κ1) is 21.3. The van der Waals surface area contributed by atoms with Crippen LogP contribution in [0.2, 0.25) is 10.0 Å². The molecular formula is C17H17BrCl2N2O3S. The molecule has 9 heteroatoms. The van der Waals surface area contributed by atoms with Gasteiger partial charge in [-0.15, -0.1) is 0 Å². The maximum Gasteiger partial charge on any atom is 0.357 e. The van der Waals surface area contributed by atoms with E-state index in [0.29, 0.717) is 43.1 Å². The van der Waals surface area contributed by atoms with E-state index in [1.54, 1.807) is 26.0 Å². The number of esters is 1. The molecule has 0 saturated carbocycles. The van der Waals surface area contributed by atoms with Gasteiger partial charge in [-0.05, 0) is 32.2 Å². The number of halogens is 3. The van der Waals surface area contributed by atoms with Gasteiger partial charge in [0.1, 0.15) is 5.75 Å². The molecule has 0 radical (unpaired) electrons. The van der Waals surface area contributed by atoms with Crippen LogP contribution in [0, 0.1) is 0 Å². The second-order valence-electron chi connectivity index (χ2n) is 5.44. The van der Waals surface area contributed by atoms with Crippen LogP contribution in [0.25, 0.3) is 11.3 Å². The topological polar surface area (TPSA) is 61.3 Å². The monoisotopic (exact) mass is 478 g/mol. The van der Waals surface area contributed by atoms with Gasteiger partial charge in [-0.2, -0.15) is 0 Å². The molecule has 0 atom stereocenters. The Morgan fingerprint density at radius 3 is 2.50 bits per heavy atom. The van der Waals surface area contributed by atoms with E-state index < -0.39 is 5.97 Å². The Bertz CT molecular complexity index is 834. The van der Waals surface area contributed by atoms with Gasteiger partial charge in [0, 0.05) is 16.5 Å². The number of carbonyl (C=O) groups is 1. The molecule has 0 bridgehead atoms. The highest BCUT2D eigenvalue weighted by Gasteiger charge is 2.24. The summed E-state index contributed by atoms with van der Waals surface area (Å²) in [5, 5.41) is 1.57. The Balaban J connectivity index is 2.74. The molecule has 0 aliphatic carbocycles. The van der Waals surface area contributed by atoms with Gasteiger partial charge >= 0.3 is 5.97 Å². The summed E-state index contributed by atoms with van der Waals surface area (Å²) >= 11 is 17.3. The molecule has 26 heavy (non-hydrogen) atoms. The number of benzene rings is 1. The lowest BCUT2D eigenvalue weighted by molar-refractivity contribution is 0.0368. The van der Waals surface area contributed by atoms with Crippen molar-refractivity contribution >= 4 is 56.9 Å². The quantitative estimate of drug-likeness (QED) is 0.231. The first-order valence-electron chi connectivity index (χ1n) is 7.57. The third kappa shape index (κ3) is 4.63. The molecule has 0 unspecified atom stereocenters. The van der Waals surface area contributed by atoms with Crippen molar-refractivity contribution in [2.24, 2.45) is 0 Å². The first-order chi connectivity index (χ1) is 12.3. The van der Waals surface area contributed by atoms with Crippen molar-refractivity contribution in [1.82, 2.24) is 9.97 Å². The Labute approximate surface area is 174 Å². The third-order valence-electron chi connectivity index (χ3n) is 3.34. The number of carbonyl (C=O) groups excluding carboxylic acids is 1. The third-order valence-corrected chi connectivity index (χ3v) is 5.05. The standard InChI is InChI=1S/C17H17BrCl2N2O3S/c1-8(2)25-16(23)15-10(7-18)14(21-17(22-15)26-4)9-5-13(24-3)12(20)6-11(9)19/h5-6,8H,7H2,1-4H3. The number of aromatic nitrogens is 2. The number of ether oxygens (including phenoxy) is 2. The minimum Gasteiger partial charge on any atom is -0.495 e. The van der Waals surface area contributed by atoms with E-state index in [1.165, 1.54) is 18.9 Å². The van der Waals surface area contributed by atoms with E-state index in [9.17, 15) is 4.79 Å². The Kier molecular flexibility index (Phi) is 7.58. The zero-order chi connectivity index (χ0) is 19.4. The van der Waals surface area contributed by atoms with Crippen molar-refractivity contribution in [3.8, 4) is 17.0 Å². The molecular weight excluding hydrogens is 463 g/mol. The second kappa shape index (κ2) is 9.26. The fourth-order valence-electron chi connectivity index (χ4n) is 2.21. The predicted molar refractivity (Wildman–Crippen MR) is 109 cm³/mol. The number of nitrogens with zero attached hydrogens (tertiary/aromatic N) is 2. The number of rotatable bonds is 6. The molecule has 140 valence electrons. The van der Waals surface area contributed by atoms with E-state index in [0.717, 1.165) is 0 Å². The largest absolute Gasteiger partial charge is 0.495 e. The van der Waals surface area contributed by atoms with Crippen LogP contribution < -0.4 is 4.74 Å². The van der Waals surface area contributed by atoms with Crippen molar-refractivity contribution in [2.75, 3.05) is 13.4 Å². The molecule has 0 fully saturated rings. The van der Waals surface area contributed by atoms with Gasteiger partial charge in [0.15, 0.2) is 10.9 Å². The van der Waals surface area contributed by atoms with Gasteiger partial charge in [-0.1, -0.05) is 50.9 Å². The van der Waals surface area contributed by atoms with E-state index >= 15 is 0 Å². The number of hydrogen-bond acceptors (Lipinski definition) is 6. The summed E-state index contributed by atoms with van der Waals surface area (Å²) in [7, 11) is 1.52. The SMILES string of the molecule is COc1cc(-c2nc(SC)nc(C(=O)OC(C)C)c2CBr)c(Cl)cc1Cl. The summed E-state index contributed by atoms with van der Waals surface area (Å²) in [6, 6.07) is 3.28. The highest BCUT2D eigenvalue weighted by atomic mass is 79.9. The summed E-state index contributed by atoms with van der Waals surface area (Å²) in [5.41, 5.74) is 1.91. The maximum atomic E-state index is 12.5. The van der Waals surface area contributed by atoms with Crippen LogP contribution in [-0.2, 0) is 10.1 Å². The minimum atomic E-state index is -0.509. The van der Waals surface area contributed by atoms with Crippen molar-refractivity contribution < 1.29 is 14.3 Å². The molecule has 1 aromatic heterocycles. The van der Waals surface area contributed by atoms with Crippen molar-refractivity contribution in [3.63, 3.8) is 0 Å². The maximum absolute atomic E-state index is 12.5. The molecule has 5 nitrogen and oxygen atoms in total. The van der Waals surface area contributed by atoms with E-state index in [2.05, 4.69) is 25.9 Å². The van der Waals surface area contributed by atoms with Crippen LogP contribution in [0.3, 0.4) is 0 Å². The van der Waals surface area contributed by atoms with Gasteiger partial charge in [0.05, 0.1) is 29.0 Å². The molecule has 0 saturated heterocycles. The lowest BCUT2D eigenvalue weighted by Crippen LogP contribution is -2.17. The average Bonchev–Trinajstić information content (AvgIpc) is 2.60. The summed E-state index contributed by atoms with van der Waals surface area (Å²) in [6.45, 7) is 3.56. The second-order valence-corrected chi connectivity index (χ2v) is 7.59. The van der Waals surface area contributed by atoms with Crippen molar-refractivity contribution in [3.05, 3.63) is 33.4 Å². The van der Waals surface area contributed by atoms with Crippen molar-refractivity contribution in [2.45, 2.75) is 30.4 Å². The van der Waals surface area contributed by atoms with Gasteiger partial charge < -0.3 is 9.47 Å². The molecule has 0 aliphatic rings. The lowest BCUT2D eigenvalue weighted by Gasteiger charge is -2.16. The predicted octanol–water partition coefficient (Wildman–Crippen LogP) is 5.64. The first-order valence-corrected chi connectivity index (χ1v) is 10.7. The zero-order valence-electron chi connectivity index (χ0n) is 14.6. The van der Waals surface area contributed by atoms with Crippen LogP contribution in [0.15, 0.2) is 17.3 Å². The van der Waals surface area contributed by atoms with Gasteiger partial charge in [0.25, 0.3) is 0 Å². The number of hydrogen-bond donors (Lipinski definition) is 0. The zero-order valence-corrected chi connectivity index (χ0v) is 18.5. The number of methoxy groups -OCH3 is 1. The van der Waals surface area contributed by atoms with E-state index in [-0.39, 0.29) is 11.8 Å². The van der Waals surface area contributed by atoms with Crippen LogP contribution in [0.5, 0.6) is 5.75 Å². The van der Waals surface area contributed by atoms with Crippen LogP contribution >= 0.6 is 50.9 Å². The lowest BCUT2D eigenvalue weighted by atomic mass is 10.0. The number of thioether (sulfide) groups is 1. The minimum absolute atomic E-state index is 0.204. The highest BCUT2D eigenvalue weighted by Crippen LogP contribution is 2.39. The fourth-order valence-corrected chi connectivity index (χ4v) is 3.66. The summed E-state index contributed by atoms with van der Waals surface area (Å²) in [5.74, 6) is -0.0485. The van der Waals surface area contributed by atoms with Gasteiger partial charge in [0.2, 0.25) is 0 Å². The Hall–Kier alpha value is -1.02. The van der Waals surface area contributed by atoms with Crippen molar-refractivity contribution in [1.29, 1.82) is 0 Å².